The molecule has 26 heavy (non-hydrogen) atoms. The largest absolute Gasteiger partial charge is 0.391 e. The third-order valence-electron chi connectivity index (χ3n) is 5.28. The molecule has 1 saturated carbocycles. The minimum atomic E-state index is -0.324. The predicted molar refractivity (Wildman–Crippen MR) is 103 cm³/mol. The number of aryl methyl sites for hydroxylation is 1. The smallest absolute Gasteiger partial charge is 0.158 e. The molecule has 1 aliphatic rings. The molecule has 136 valence electrons. The Morgan fingerprint density at radius 3 is 2.69 bits per heavy atom. The average Bonchev–Trinajstić information content (AvgIpc) is 3.29. The third kappa shape index (κ3) is 3.07. The van der Waals surface area contributed by atoms with E-state index in [1.54, 1.807) is 0 Å². The Labute approximate surface area is 154 Å². The van der Waals surface area contributed by atoms with Crippen molar-refractivity contribution < 1.29 is 5.11 Å². The molecule has 1 aliphatic carbocycles. The Hall–Kier alpha value is -2.40. The second-order valence-electron chi connectivity index (χ2n) is 7.08. The minimum Gasteiger partial charge on any atom is -0.391 e. The number of hydrogen-bond donors (Lipinski definition) is 1. The van der Waals surface area contributed by atoms with E-state index in [2.05, 4.69) is 33.2 Å². The van der Waals surface area contributed by atoms with Gasteiger partial charge in [0.05, 0.1) is 24.2 Å². The first-order valence-corrected chi connectivity index (χ1v) is 9.61. The van der Waals surface area contributed by atoms with E-state index in [9.17, 15) is 5.11 Å². The van der Waals surface area contributed by atoms with Crippen molar-refractivity contribution in [3.8, 4) is 22.8 Å². The monoisotopic (exact) mass is 350 g/mol. The van der Waals surface area contributed by atoms with Crippen LogP contribution in [0.1, 0.15) is 45.1 Å². The lowest BCUT2D eigenvalue weighted by Crippen LogP contribution is -2.28. The first-order valence-electron chi connectivity index (χ1n) is 9.61. The van der Waals surface area contributed by atoms with Gasteiger partial charge in [0, 0.05) is 24.5 Å². The van der Waals surface area contributed by atoms with Crippen molar-refractivity contribution in [2.24, 2.45) is 0 Å². The summed E-state index contributed by atoms with van der Waals surface area (Å²) in [5.74, 6) is 0.931. The molecule has 0 spiro atoms. The maximum atomic E-state index is 10.6. The molecular formula is C21H26N4O. The summed E-state index contributed by atoms with van der Waals surface area (Å²) in [6.45, 7) is 3.09. The lowest BCUT2D eigenvalue weighted by molar-refractivity contribution is 0.0761. The van der Waals surface area contributed by atoms with Crippen molar-refractivity contribution in [3.63, 3.8) is 0 Å². The molecule has 3 aromatic rings. The van der Waals surface area contributed by atoms with Gasteiger partial charge in [-0.25, -0.2) is 9.97 Å². The van der Waals surface area contributed by atoms with E-state index in [0.29, 0.717) is 0 Å². The maximum absolute atomic E-state index is 10.6. The molecule has 2 heterocycles. The molecule has 0 aliphatic heterocycles. The van der Waals surface area contributed by atoms with E-state index in [-0.39, 0.29) is 12.1 Å². The minimum absolute atomic E-state index is 0.0653. The predicted octanol–water partition coefficient (Wildman–Crippen LogP) is 4.30. The van der Waals surface area contributed by atoms with Crippen molar-refractivity contribution >= 4 is 0 Å². The quantitative estimate of drug-likeness (QED) is 0.746. The number of aliphatic hydroxyl groups excluding tert-OH is 1. The number of aromatic nitrogens is 4. The van der Waals surface area contributed by atoms with Crippen molar-refractivity contribution in [1.29, 1.82) is 0 Å². The highest BCUT2D eigenvalue weighted by Crippen LogP contribution is 2.37. The van der Waals surface area contributed by atoms with E-state index in [1.807, 2.05) is 36.9 Å². The molecule has 2 atom stereocenters. The van der Waals surface area contributed by atoms with Crippen LogP contribution in [0.2, 0.25) is 0 Å². The van der Waals surface area contributed by atoms with Gasteiger partial charge in [0.1, 0.15) is 5.69 Å². The molecule has 1 aromatic carbocycles. The summed E-state index contributed by atoms with van der Waals surface area (Å²) in [6, 6.07) is 10.3. The summed E-state index contributed by atoms with van der Waals surface area (Å²) in [4.78, 5) is 9.42. The topological polar surface area (TPSA) is 55.9 Å². The molecule has 0 saturated heterocycles. The molecule has 0 unspecified atom stereocenters. The number of imidazole rings is 2. The number of benzene rings is 1. The van der Waals surface area contributed by atoms with E-state index in [1.165, 1.54) is 0 Å². The van der Waals surface area contributed by atoms with Crippen LogP contribution >= 0.6 is 0 Å². The van der Waals surface area contributed by atoms with Crippen LogP contribution < -0.4 is 0 Å². The van der Waals surface area contributed by atoms with Gasteiger partial charge in [0.15, 0.2) is 5.82 Å². The summed E-state index contributed by atoms with van der Waals surface area (Å²) in [5, 5.41) is 10.6. The van der Waals surface area contributed by atoms with Gasteiger partial charge in [0.2, 0.25) is 0 Å². The molecule has 0 amide bonds. The van der Waals surface area contributed by atoms with Gasteiger partial charge in [-0.3, -0.25) is 0 Å². The van der Waals surface area contributed by atoms with Crippen LogP contribution in [0.15, 0.2) is 49.1 Å². The van der Waals surface area contributed by atoms with Crippen molar-refractivity contribution in [1.82, 2.24) is 19.1 Å². The van der Waals surface area contributed by atoms with Crippen LogP contribution in [0.3, 0.4) is 0 Å². The van der Waals surface area contributed by atoms with E-state index >= 15 is 0 Å². The summed E-state index contributed by atoms with van der Waals surface area (Å²) in [5.41, 5.74) is 3.03. The lowest BCUT2D eigenvalue weighted by Gasteiger charge is -2.30. The molecule has 4 rings (SSSR count). The highest BCUT2D eigenvalue weighted by Gasteiger charge is 2.29. The van der Waals surface area contributed by atoms with Gasteiger partial charge in [0.25, 0.3) is 0 Å². The van der Waals surface area contributed by atoms with E-state index < -0.39 is 0 Å². The number of nitrogens with zero attached hydrogens (tertiary/aromatic N) is 4. The van der Waals surface area contributed by atoms with Gasteiger partial charge in [-0.2, -0.15) is 0 Å². The molecule has 0 radical (unpaired) electrons. The Morgan fingerprint density at radius 2 is 1.92 bits per heavy atom. The van der Waals surface area contributed by atoms with E-state index in [4.69, 9.17) is 4.98 Å². The second kappa shape index (κ2) is 7.46. The fourth-order valence-corrected chi connectivity index (χ4v) is 4.01. The van der Waals surface area contributed by atoms with Crippen LogP contribution in [0, 0.1) is 0 Å². The second-order valence-corrected chi connectivity index (χ2v) is 7.08. The molecular weight excluding hydrogens is 324 g/mol. The molecule has 0 bridgehead atoms. The Morgan fingerprint density at radius 1 is 1.12 bits per heavy atom. The SMILES string of the molecule is CCCn1ccnc1-c1c(-c2ccccc2)ncn1[C@H]1CCCC[C@@H]1O. The van der Waals surface area contributed by atoms with Gasteiger partial charge < -0.3 is 14.2 Å². The van der Waals surface area contributed by atoms with Crippen LogP contribution in [0.4, 0.5) is 0 Å². The van der Waals surface area contributed by atoms with Crippen molar-refractivity contribution in [2.75, 3.05) is 0 Å². The zero-order chi connectivity index (χ0) is 17.9. The van der Waals surface area contributed by atoms with Gasteiger partial charge in [-0.05, 0) is 19.3 Å². The third-order valence-corrected chi connectivity index (χ3v) is 5.28. The van der Waals surface area contributed by atoms with Crippen molar-refractivity contribution in [3.05, 3.63) is 49.1 Å². The fraction of sp³-hybridized carbons (Fsp3) is 0.429. The summed E-state index contributed by atoms with van der Waals surface area (Å²) >= 11 is 0. The highest BCUT2D eigenvalue weighted by atomic mass is 16.3. The Bertz CT molecular complexity index is 852. The molecule has 5 nitrogen and oxygen atoms in total. The van der Waals surface area contributed by atoms with Crippen LogP contribution in [0.5, 0.6) is 0 Å². The zero-order valence-corrected chi connectivity index (χ0v) is 15.3. The lowest BCUT2D eigenvalue weighted by atomic mass is 9.92. The zero-order valence-electron chi connectivity index (χ0n) is 15.3. The summed E-state index contributed by atoms with van der Waals surface area (Å²) < 4.78 is 4.36. The number of rotatable bonds is 5. The standard InChI is InChI=1S/C21H26N4O/c1-2-13-24-14-12-22-21(24)20-19(16-8-4-3-5-9-16)23-15-25(20)17-10-6-7-11-18(17)26/h3-5,8-9,12,14-15,17-18,26H,2,6-7,10-11,13H2,1H3/t17-,18-/m0/s1. The van der Waals surface area contributed by atoms with E-state index in [0.717, 1.165) is 61.4 Å². The maximum Gasteiger partial charge on any atom is 0.158 e. The van der Waals surface area contributed by atoms with Crippen LogP contribution in [0.25, 0.3) is 22.8 Å². The van der Waals surface area contributed by atoms with Gasteiger partial charge in [-0.15, -0.1) is 0 Å². The number of hydrogen-bond acceptors (Lipinski definition) is 3. The Balaban J connectivity index is 1.87. The van der Waals surface area contributed by atoms with Crippen LogP contribution in [-0.2, 0) is 6.54 Å². The first-order chi connectivity index (χ1) is 12.8. The molecule has 5 heteroatoms. The average molecular weight is 350 g/mol. The summed E-state index contributed by atoms with van der Waals surface area (Å²) in [6.07, 6.45) is 10.6. The number of aliphatic hydroxyl groups is 1. The first kappa shape index (κ1) is 17.0. The molecule has 1 N–H and O–H groups in total. The van der Waals surface area contributed by atoms with Crippen LogP contribution in [-0.4, -0.2) is 30.3 Å². The summed E-state index contributed by atoms with van der Waals surface area (Å²) in [7, 11) is 0. The molecule has 2 aromatic heterocycles. The highest BCUT2D eigenvalue weighted by molar-refractivity contribution is 5.75. The van der Waals surface area contributed by atoms with Gasteiger partial charge in [-0.1, -0.05) is 50.1 Å². The Kier molecular flexibility index (Phi) is 4.89. The molecule has 1 fully saturated rings. The fourth-order valence-electron chi connectivity index (χ4n) is 4.01. The van der Waals surface area contributed by atoms with Crippen molar-refractivity contribution in [2.45, 2.75) is 57.7 Å². The normalized spacial score (nSPS) is 20.4. The van der Waals surface area contributed by atoms with Gasteiger partial charge >= 0.3 is 0 Å².